The molecule has 19 heavy (non-hydrogen) atoms. The Morgan fingerprint density at radius 1 is 1.42 bits per heavy atom. The van der Waals surface area contributed by atoms with Gasteiger partial charge in [-0.1, -0.05) is 35.7 Å². The Balaban J connectivity index is 1.69. The van der Waals surface area contributed by atoms with E-state index in [1.54, 1.807) is 0 Å². The van der Waals surface area contributed by atoms with Crippen LogP contribution in [0.25, 0.3) is 0 Å². The zero-order valence-electron chi connectivity index (χ0n) is 11.2. The second-order valence-corrected chi connectivity index (χ2v) is 5.78. The van der Waals surface area contributed by atoms with Gasteiger partial charge in [-0.05, 0) is 54.4 Å². The van der Waals surface area contributed by atoms with E-state index in [1.807, 2.05) is 0 Å². The molecule has 0 saturated carbocycles. The van der Waals surface area contributed by atoms with Gasteiger partial charge in [-0.25, -0.2) is 0 Å². The van der Waals surface area contributed by atoms with E-state index in [0.717, 1.165) is 25.1 Å². The first-order valence-corrected chi connectivity index (χ1v) is 7.80. The van der Waals surface area contributed by atoms with Crippen LogP contribution in [0, 0.1) is 0 Å². The van der Waals surface area contributed by atoms with E-state index in [0.29, 0.717) is 12.0 Å². The lowest BCUT2D eigenvalue weighted by Crippen LogP contribution is -2.28. The third-order valence-corrected chi connectivity index (χ3v) is 4.38. The molecule has 2 aromatic rings. The van der Waals surface area contributed by atoms with Crippen molar-refractivity contribution in [3.8, 4) is 0 Å². The molecule has 100 valence electrons. The van der Waals surface area contributed by atoms with Crippen LogP contribution >= 0.6 is 11.5 Å². The minimum atomic E-state index is 0.344. The highest BCUT2D eigenvalue weighted by Crippen LogP contribution is 2.40. The summed E-state index contributed by atoms with van der Waals surface area (Å²) in [4.78, 5) is 0. The zero-order valence-corrected chi connectivity index (χ0v) is 12.0. The van der Waals surface area contributed by atoms with E-state index in [4.69, 9.17) is 0 Å². The van der Waals surface area contributed by atoms with Gasteiger partial charge in [-0.3, -0.25) is 0 Å². The number of benzene rings is 1. The largest absolute Gasteiger partial charge is 0.309 e. The summed E-state index contributed by atoms with van der Waals surface area (Å²) < 4.78 is 4.00. The Labute approximate surface area is 118 Å². The average molecular weight is 273 g/mol. The summed E-state index contributed by atoms with van der Waals surface area (Å²) in [6.07, 6.45) is 3.48. The molecule has 0 fully saturated rings. The zero-order chi connectivity index (χ0) is 13.1. The van der Waals surface area contributed by atoms with Crippen LogP contribution in [0.5, 0.6) is 0 Å². The Kier molecular flexibility index (Phi) is 3.89. The topological polar surface area (TPSA) is 37.8 Å². The Morgan fingerprint density at radius 2 is 2.32 bits per heavy atom. The molecule has 0 aliphatic heterocycles. The predicted octanol–water partition coefficient (Wildman–Crippen LogP) is 3.31. The summed E-state index contributed by atoms with van der Waals surface area (Å²) in [7, 11) is 0. The maximum Gasteiger partial charge on any atom is 0.0924 e. The molecule has 1 aliphatic rings. The van der Waals surface area contributed by atoms with Crippen LogP contribution in [0.2, 0.25) is 0 Å². The van der Waals surface area contributed by atoms with Gasteiger partial charge in [0.25, 0.3) is 0 Å². The first kappa shape index (κ1) is 12.8. The summed E-state index contributed by atoms with van der Waals surface area (Å²) in [5.41, 5.74) is 4.13. The van der Waals surface area contributed by atoms with Gasteiger partial charge in [0, 0.05) is 5.38 Å². The molecule has 1 aliphatic carbocycles. The molecule has 2 atom stereocenters. The van der Waals surface area contributed by atoms with Gasteiger partial charge in [0.2, 0.25) is 0 Å². The highest BCUT2D eigenvalue weighted by atomic mass is 32.1. The fraction of sp³-hybridized carbons (Fsp3) is 0.467. The molecule has 2 unspecified atom stereocenters. The number of aromatic nitrogens is 2. The number of hydrogen-bond donors (Lipinski definition) is 1. The third kappa shape index (κ3) is 2.69. The second-order valence-electron chi connectivity index (χ2n) is 5.17. The lowest BCUT2D eigenvalue weighted by atomic mass is 9.74. The van der Waals surface area contributed by atoms with E-state index in [1.165, 1.54) is 29.1 Å². The second kappa shape index (κ2) is 5.80. The molecule has 1 N–H and O–H groups in total. The van der Waals surface area contributed by atoms with E-state index in [2.05, 4.69) is 51.5 Å². The van der Waals surface area contributed by atoms with Gasteiger partial charge in [0.1, 0.15) is 0 Å². The maximum absolute atomic E-state index is 4.24. The SMILES string of the molecule is CCCNC(CC1Cc2ccccc21)c1csnn1. The van der Waals surface area contributed by atoms with Crippen LogP contribution < -0.4 is 5.32 Å². The van der Waals surface area contributed by atoms with Crippen LogP contribution in [-0.2, 0) is 6.42 Å². The third-order valence-electron chi connectivity index (χ3n) is 3.86. The molecule has 3 nitrogen and oxygen atoms in total. The number of fused-ring (bicyclic) bond motifs is 1. The van der Waals surface area contributed by atoms with Crippen molar-refractivity contribution in [2.24, 2.45) is 0 Å². The average Bonchev–Trinajstić information content (AvgIpc) is 2.93. The van der Waals surface area contributed by atoms with E-state index in [-0.39, 0.29) is 0 Å². The molecule has 0 saturated heterocycles. The molecule has 0 bridgehead atoms. The van der Waals surface area contributed by atoms with E-state index in [9.17, 15) is 0 Å². The van der Waals surface area contributed by atoms with Crippen molar-refractivity contribution in [1.82, 2.24) is 14.9 Å². The van der Waals surface area contributed by atoms with Crippen LogP contribution in [-0.4, -0.2) is 16.1 Å². The molecule has 0 spiro atoms. The van der Waals surface area contributed by atoms with Gasteiger partial charge in [-0.2, -0.15) is 0 Å². The Hall–Kier alpha value is -1.26. The molecular formula is C15H19N3S. The summed E-state index contributed by atoms with van der Waals surface area (Å²) in [6.45, 7) is 3.23. The Bertz CT molecular complexity index is 524. The molecular weight excluding hydrogens is 254 g/mol. The van der Waals surface area contributed by atoms with Crippen molar-refractivity contribution >= 4 is 11.5 Å². The molecule has 1 heterocycles. The Morgan fingerprint density at radius 3 is 3.05 bits per heavy atom. The van der Waals surface area contributed by atoms with Crippen LogP contribution in [0.1, 0.15) is 48.5 Å². The number of rotatable bonds is 6. The number of nitrogens with one attached hydrogen (secondary N) is 1. The maximum atomic E-state index is 4.24. The normalized spacial score (nSPS) is 18.7. The molecule has 4 heteroatoms. The summed E-state index contributed by atoms with van der Waals surface area (Å²) >= 11 is 1.44. The first-order chi connectivity index (χ1) is 9.38. The van der Waals surface area contributed by atoms with Crippen molar-refractivity contribution in [2.75, 3.05) is 6.54 Å². The van der Waals surface area contributed by atoms with Crippen molar-refractivity contribution < 1.29 is 0 Å². The first-order valence-electron chi connectivity index (χ1n) is 6.96. The van der Waals surface area contributed by atoms with Crippen molar-refractivity contribution in [3.05, 3.63) is 46.5 Å². The van der Waals surface area contributed by atoms with Crippen molar-refractivity contribution in [2.45, 2.75) is 38.1 Å². The lowest BCUT2D eigenvalue weighted by molar-refractivity contribution is 0.421. The van der Waals surface area contributed by atoms with Crippen LogP contribution in [0.3, 0.4) is 0 Å². The minimum Gasteiger partial charge on any atom is -0.309 e. The quantitative estimate of drug-likeness (QED) is 0.877. The number of hydrogen-bond acceptors (Lipinski definition) is 4. The molecule has 0 radical (unpaired) electrons. The minimum absolute atomic E-state index is 0.344. The summed E-state index contributed by atoms with van der Waals surface area (Å²) in [5, 5.41) is 9.92. The lowest BCUT2D eigenvalue weighted by Gasteiger charge is -2.32. The van der Waals surface area contributed by atoms with E-state index >= 15 is 0 Å². The molecule has 1 aromatic carbocycles. The van der Waals surface area contributed by atoms with Gasteiger partial charge in [0.15, 0.2) is 0 Å². The van der Waals surface area contributed by atoms with Gasteiger partial charge in [-0.15, -0.1) is 5.10 Å². The highest BCUT2D eigenvalue weighted by Gasteiger charge is 2.29. The fourth-order valence-electron chi connectivity index (χ4n) is 2.81. The van der Waals surface area contributed by atoms with E-state index < -0.39 is 0 Å². The van der Waals surface area contributed by atoms with Gasteiger partial charge < -0.3 is 5.32 Å². The van der Waals surface area contributed by atoms with Crippen LogP contribution in [0.15, 0.2) is 29.6 Å². The van der Waals surface area contributed by atoms with Crippen molar-refractivity contribution in [1.29, 1.82) is 0 Å². The van der Waals surface area contributed by atoms with Gasteiger partial charge in [0.05, 0.1) is 11.7 Å². The molecule has 1 aromatic heterocycles. The van der Waals surface area contributed by atoms with Crippen molar-refractivity contribution in [3.63, 3.8) is 0 Å². The van der Waals surface area contributed by atoms with Crippen LogP contribution in [0.4, 0.5) is 0 Å². The predicted molar refractivity (Wildman–Crippen MR) is 78.4 cm³/mol. The molecule has 3 rings (SSSR count). The fourth-order valence-corrected chi connectivity index (χ4v) is 3.32. The number of nitrogens with zero attached hydrogens (tertiary/aromatic N) is 2. The smallest absolute Gasteiger partial charge is 0.0924 e. The highest BCUT2D eigenvalue weighted by molar-refractivity contribution is 7.03. The standard InChI is InChI=1S/C15H19N3S/c1-2-7-16-14(15-10-19-18-17-15)9-12-8-11-5-3-4-6-13(11)12/h3-6,10,12,14,16H,2,7-9H2,1H3. The summed E-state index contributed by atoms with van der Waals surface area (Å²) in [6, 6.07) is 9.12. The van der Waals surface area contributed by atoms with Gasteiger partial charge >= 0.3 is 0 Å². The molecule has 0 amide bonds. The summed E-state index contributed by atoms with van der Waals surface area (Å²) in [5.74, 6) is 0.673. The monoisotopic (exact) mass is 273 g/mol.